The van der Waals surface area contributed by atoms with Gasteiger partial charge in [0.15, 0.2) is 4.33 Å². The number of carbonyl (C=O) groups is 2. The van der Waals surface area contributed by atoms with E-state index in [0.29, 0.717) is 5.69 Å². The van der Waals surface area contributed by atoms with Gasteiger partial charge in [0.05, 0.1) is 27.6 Å². The number of nitrogens with zero attached hydrogens (tertiary/aromatic N) is 1. The molecule has 2 amide bonds. The maximum absolute atomic E-state index is 13.1. The molecule has 1 aliphatic heterocycles. The van der Waals surface area contributed by atoms with Crippen LogP contribution in [0.1, 0.15) is 0 Å². The van der Waals surface area contributed by atoms with Gasteiger partial charge in [0.1, 0.15) is 9.75 Å². The summed E-state index contributed by atoms with van der Waals surface area (Å²) in [7, 11) is 0. The minimum absolute atomic E-state index is 0.101. The van der Waals surface area contributed by atoms with Crippen LogP contribution in [0.25, 0.3) is 0 Å². The minimum atomic E-state index is -1.91. The minimum Gasteiger partial charge on any atom is -0.274 e. The molecule has 132 valence electrons. The quantitative estimate of drug-likeness (QED) is 0.364. The van der Waals surface area contributed by atoms with Crippen molar-refractivity contribution in [1.82, 2.24) is 0 Å². The predicted octanol–water partition coefficient (Wildman–Crippen LogP) is 5.40. The number of hydrogen-bond donors (Lipinski definition) is 0. The van der Waals surface area contributed by atoms with Gasteiger partial charge in [-0.25, -0.2) is 4.90 Å². The Hall–Kier alpha value is 0.320. The molecule has 2 aliphatic carbocycles. The van der Waals surface area contributed by atoms with Gasteiger partial charge < -0.3 is 0 Å². The van der Waals surface area contributed by atoms with Crippen molar-refractivity contribution in [2.24, 2.45) is 11.8 Å². The highest BCUT2D eigenvalue weighted by Crippen LogP contribution is 2.77. The topological polar surface area (TPSA) is 37.4 Å². The second-order valence-electron chi connectivity index (χ2n) is 6.07. The highest BCUT2D eigenvalue weighted by molar-refractivity contribution is 9.10. The molecule has 1 aromatic carbocycles. The lowest BCUT2D eigenvalue weighted by molar-refractivity contribution is -0.123. The van der Waals surface area contributed by atoms with Crippen LogP contribution in [0.2, 0.25) is 0 Å². The maximum Gasteiger partial charge on any atom is 0.240 e. The summed E-state index contributed by atoms with van der Waals surface area (Å²) in [6.07, 6.45) is 0. The summed E-state index contributed by atoms with van der Waals surface area (Å²) in [6.45, 7) is 0. The molecule has 1 saturated heterocycles. The molecule has 4 atom stereocenters. The number of anilines is 1. The van der Waals surface area contributed by atoms with Gasteiger partial charge in [-0.3, -0.25) is 9.59 Å². The van der Waals surface area contributed by atoms with E-state index in [4.69, 9.17) is 69.6 Å². The Morgan fingerprint density at radius 1 is 0.840 bits per heavy atom. The molecule has 0 aromatic heterocycles. The average Bonchev–Trinajstić information content (AvgIpc) is 2.94. The Morgan fingerprint density at radius 3 is 1.64 bits per heavy atom. The Bertz CT molecular complexity index is 825. The summed E-state index contributed by atoms with van der Waals surface area (Å²) in [6, 6.07) is 6.65. The van der Waals surface area contributed by atoms with Crippen molar-refractivity contribution in [3.63, 3.8) is 0 Å². The SMILES string of the molecule is O=C1[C@@H]2[C@@H](C(=O)N1c1ccc(Br)cc1)[C@]1(Cl)C(Cl)=C(Cl)[C@]2(Cl)C1(Cl)Cl. The molecule has 25 heavy (non-hydrogen) atoms. The van der Waals surface area contributed by atoms with Crippen LogP contribution in [-0.2, 0) is 9.59 Å². The van der Waals surface area contributed by atoms with E-state index < -0.39 is 37.7 Å². The molecular weight excluding hydrogens is 519 g/mol. The molecule has 3 nitrogen and oxygen atoms in total. The van der Waals surface area contributed by atoms with Gasteiger partial charge in [0, 0.05) is 4.47 Å². The molecule has 10 heteroatoms. The van der Waals surface area contributed by atoms with Gasteiger partial charge in [0.2, 0.25) is 11.8 Å². The van der Waals surface area contributed by atoms with Crippen LogP contribution in [0.3, 0.4) is 0 Å². The van der Waals surface area contributed by atoms with Gasteiger partial charge in [0.25, 0.3) is 0 Å². The zero-order valence-electron chi connectivity index (χ0n) is 11.9. The molecule has 2 bridgehead atoms. The number of carbonyl (C=O) groups excluding carboxylic acids is 2. The van der Waals surface area contributed by atoms with Crippen LogP contribution in [0.4, 0.5) is 5.69 Å². The third-order valence-corrected chi connectivity index (χ3v) is 9.78. The Balaban J connectivity index is 1.90. The molecule has 4 rings (SSSR count). The fraction of sp³-hybridized carbons (Fsp3) is 0.333. The third-order valence-electron chi connectivity index (χ3n) is 4.99. The van der Waals surface area contributed by atoms with Crippen molar-refractivity contribution < 1.29 is 9.59 Å². The lowest BCUT2D eigenvalue weighted by atomic mass is 9.84. The molecule has 2 fully saturated rings. The number of halogens is 7. The second-order valence-corrected chi connectivity index (χ2v) is 10.3. The van der Waals surface area contributed by atoms with Crippen LogP contribution in [0.5, 0.6) is 0 Å². The number of imide groups is 1. The number of allylic oxidation sites excluding steroid dienone is 2. The molecule has 3 aliphatic rings. The van der Waals surface area contributed by atoms with Crippen molar-refractivity contribution in [3.05, 3.63) is 38.8 Å². The van der Waals surface area contributed by atoms with E-state index in [1.165, 1.54) is 0 Å². The summed E-state index contributed by atoms with van der Waals surface area (Å²) >= 11 is 41.9. The number of alkyl halides is 4. The molecule has 1 saturated carbocycles. The largest absolute Gasteiger partial charge is 0.274 e. The van der Waals surface area contributed by atoms with E-state index in [2.05, 4.69) is 15.9 Å². The molecule has 0 unspecified atom stereocenters. The van der Waals surface area contributed by atoms with Crippen molar-refractivity contribution in [2.45, 2.75) is 14.1 Å². The van der Waals surface area contributed by atoms with E-state index in [9.17, 15) is 9.59 Å². The monoisotopic (exact) mass is 521 g/mol. The van der Waals surface area contributed by atoms with E-state index >= 15 is 0 Å². The van der Waals surface area contributed by atoms with Crippen LogP contribution >= 0.6 is 85.5 Å². The van der Waals surface area contributed by atoms with Crippen molar-refractivity contribution in [3.8, 4) is 0 Å². The number of fused-ring (bicyclic) bond motifs is 5. The van der Waals surface area contributed by atoms with Gasteiger partial charge in [-0.2, -0.15) is 0 Å². The van der Waals surface area contributed by atoms with E-state index in [-0.39, 0.29) is 10.1 Å². The first-order chi connectivity index (χ1) is 11.5. The zero-order valence-corrected chi connectivity index (χ0v) is 18.0. The fourth-order valence-electron chi connectivity index (χ4n) is 3.84. The summed E-state index contributed by atoms with van der Waals surface area (Å²) in [5.41, 5.74) is 0.384. The Morgan fingerprint density at radius 2 is 1.24 bits per heavy atom. The molecular formula is C15H6BrCl6NO2. The Kier molecular flexibility index (Phi) is 4.06. The number of hydrogen-bond acceptors (Lipinski definition) is 2. The lowest BCUT2D eigenvalue weighted by Crippen LogP contribution is -2.50. The van der Waals surface area contributed by atoms with Crippen LogP contribution < -0.4 is 4.90 Å². The normalized spacial score (nSPS) is 38.8. The first-order valence-corrected chi connectivity index (χ1v) is 10.0. The number of amides is 2. The van der Waals surface area contributed by atoms with Crippen LogP contribution in [-0.4, -0.2) is 25.9 Å². The summed E-state index contributed by atoms with van der Waals surface area (Å²) in [5.74, 6) is -3.37. The van der Waals surface area contributed by atoms with Gasteiger partial charge >= 0.3 is 0 Å². The summed E-state index contributed by atoms with van der Waals surface area (Å²) in [4.78, 5) is 23.6. The molecule has 0 N–H and O–H groups in total. The number of benzene rings is 1. The highest BCUT2D eigenvalue weighted by atomic mass is 79.9. The predicted molar refractivity (Wildman–Crippen MR) is 104 cm³/mol. The van der Waals surface area contributed by atoms with Gasteiger partial charge in [-0.1, -0.05) is 62.3 Å². The fourth-order valence-corrected chi connectivity index (χ4v) is 7.03. The van der Waals surface area contributed by atoms with E-state index in [0.717, 1.165) is 9.37 Å². The highest BCUT2D eigenvalue weighted by Gasteiger charge is 2.87. The molecule has 1 heterocycles. The van der Waals surface area contributed by atoms with Crippen molar-refractivity contribution in [1.29, 1.82) is 0 Å². The molecule has 0 radical (unpaired) electrons. The van der Waals surface area contributed by atoms with Gasteiger partial charge in [-0.15, -0.1) is 23.2 Å². The van der Waals surface area contributed by atoms with Gasteiger partial charge in [-0.05, 0) is 24.3 Å². The Labute approximate surface area is 181 Å². The van der Waals surface area contributed by atoms with Crippen LogP contribution in [0.15, 0.2) is 38.8 Å². The second kappa shape index (κ2) is 5.44. The first kappa shape index (κ1) is 18.7. The third kappa shape index (κ3) is 1.88. The first-order valence-electron chi connectivity index (χ1n) is 6.96. The summed E-state index contributed by atoms with van der Waals surface area (Å²) < 4.78 is -1.12. The molecule has 0 spiro atoms. The van der Waals surface area contributed by atoms with E-state index in [1.807, 2.05) is 0 Å². The van der Waals surface area contributed by atoms with Crippen molar-refractivity contribution >= 4 is 103 Å². The number of rotatable bonds is 1. The summed E-state index contributed by atoms with van der Waals surface area (Å²) in [5, 5.41) is -0.202. The lowest BCUT2D eigenvalue weighted by Gasteiger charge is -2.34. The zero-order chi connectivity index (χ0) is 18.5. The average molecular weight is 525 g/mol. The van der Waals surface area contributed by atoms with Crippen molar-refractivity contribution in [2.75, 3.05) is 4.90 Å². The van der Waals surface area contributed by atoms with Crippen LogP contribution in [0, 0.1) is 11.8 Å². The smallest absolute Gasteiger partial charge is 0.240 e. The standard InChI is InChI=1S/C15H6BrCl6NO2/c16-5-1-3-6(4-2-5)23-11(24)7-8(12(23)25)14(20)10(18)9(17)13(7,19)15(14,21)22/h1-4,7-8H/t7-,8-,13-,14-/m0/s1. The van der Waals surface area contributed by atoms with E-state index in [1.54, 1.807) is 24.3 Å². The maximum atomic E-state index is 13.1. The molecule has 1 aromatic rings.